The molecular weight excluding hydrogens is 314 g/mol. The number of hydrogen-bond donors (Lipinski definition) is 2. The van der Waals surface area contributed by atoms with E-state index in [1.165, 1.54) is 12.8 Å². The van der Waals surface area contributed by atoms with Gasteiger partial charge in [-0.3, -0.25) is 4.99 Å². The van der Waals surface area contributed by atoms with Crippen molar-refractivity contribution in [2.24, 2.45) is 10.9 Å². The molecule has 1 aliphatic rings. The molecule has 25 heavy (non-hydrogen) atoms. The molecule has 6 heteroatoms. The normalized spacial score (nSPS) is 15.0. The fourth-order valence-electron chi connectivity index (χ4n) is 2.76. The van der Waals surface area contributed by atoms with Crippen LogP contribution in [0.1, 0.15) is 38.7 Å². The number of aromatic nitrogens is 1. The van der Waals surface area contributed by atoms with Crippen LogP contribution in [0.5, 0.6) is 0 Å². The molecule has 0 unspecified atom stereocenters. The summed E-state index contributed by atoms with van der Waals surface area (Å²) in [7, 11) is 1.79. The van der Waals surface area contributed by atoms with E-state index >= 15 is 0 Å². The van der Waals surface area contributed by atoms with Crippen molar-refractivity contribution in [2.75, 3.05) is 44.8 Å². The minimum Gasteiger partial charge on any atom is -0.381 e. The van der Waals surface area contributed by atoms with Crippen LogP contribution in [0.25, 0.3) is 0 Å². The third-order valence-corrected chi connectivity index (χ3v) is 4.13. The van der Waals surface area contributed by atoms with Crippen molar-refractivity contribution in [2.45, 2.75) is 39.7 Å². The number of rotatable bonds is 9. The molecule has 0 spiro atoms. The molecular formula is C19H33N5O. The van der Waals surface area contributed by atoms with Gasteiger partial charge in [-0.2, -0.15) is 0 Å². The second-order valence-electron chi connectivity index (χ2n) is 6.89. The van der Waals surface area contributed by atoms with E-state index in [0.29, 0.717) is 5.92 Å². The van der Waals surface area contributed by atoms with E-state index in [1.54, 1.807) is 7.05 Å². The minimum atomic E-state index is 0.591. The second kappa shape index (κ2) is 10.9. The summed E-state index contributed by atoms with van der Waals surface area (Å²) in [5.74, 6) is 2.49. The van der Waals surface area contributed by atoms with Gasteiger partial charge in [0.1, 0.15) is 5.82 Å². The van der Waals surface area contributed by atoms with Crippen molar-refractivity contribution in [1.82, 2.24) is 15.6 Å². The van der Waals surface area contributed by atoms with Gasteiger partial charge in [0.05, 0.1) is 0 Å². The lowest BCUT2D eigenvalue weighted by atomic mass is 10.2. The molecule has 1 aliphatic heterocycles. The lowest BCUT2D eigenvalue weighted by molar-refractivity contribution is 0.108. The number of aliphatic imine (C=N–C) groups is 1. The van der Waals surface area contributed by atoms with Crippen molar-refractivity contribution in [3.8, 4) is 0 Å². The molecule has 2 rings (SSSR count). The molecule has 140 valence electrons. The summed E-state index contributed by atoms with van der Waals surface area (Å²) in [6.45, 7) is 9.76. The third-order valence-electron chi connectivity index (χ3n) is 4.13. The molecule has 1 saturated heterocycles. The van der Waals surface area contributed by atoms with Gasteiger partial charge in [-0.15, -0.1) is 0 Å². The smallest absolute Gasteiger partial charge is 0.191 e. The molecule has 2 N–H and O–H groups in total. The first-order chi connectivity index (χ1) is 12.2. The van der Waals surface area contributed by atoms with Gasteiger partial charge in [-0.25, -0.2) is 4.98 Å². The molecule has 0 aromatic carbocycles. The van der Waals surface area contributed by atoms with Crippen LogP contribution in [0.15, 0.2) is 23.3 Å². The zero-order valence-electron chi connectivity index (χ0n) is 15.9. The fourth-order valence-corrected chi connectivity index (χ4v) is 2.76. The second-order valence-corrected chi connectivity index (χ2v) is 6.89. The summed E-state index contributed by atoms with van der Waals surface area (Å²) in [5.41, 5.74) is 1.16. The van der Waals surface area contributed by atoms with Crippen LogP contribution >= 0.6 is 0 Å². The van der Waals surface area contributed by atoms with E-state index in [9.17, 15) is 0 Å². The molecule has 0 atom stereocenters. The summed E-state index contributed by atoms with van der Waals surface area (Å²) in [5, 5.41) is 6.64. The lowest BCUT2D eigenvalue weighted by Crippen LogP contribution is -2.37. The highest BCUT2D eigenvalue weighted by Crippen LogP contribution is 2.17. The Labute approximate surface area is 152 Å². The predicted molar refractivity (Wildman–Crippen MR) is 104 cm³/mol. The van der Waals surface area contributed by atoms with Gasteiger partial charge in [0.25, 0.3) is 0 Å². The molecule has 1 aromatic rings. The van der Waals surface area contributed by atoms with Crippen LogP contribution in [0.2, 0.25) is 0 Å². The van der Waals surface area contributed by atoms with Crippen LogP contribution in [-0.2, 0) is 11.3 Å². The summed E-state index contributed by atoms with van der Waals surface area (Å²) in [4.78, 5) is 11.2. The standard InChI is InChI=1S/C19H33N5O/c1-16(2)15-25-12-6-9-21-19(20-3)23-14-17-7-8-18(22-13-17)24-10-4-5-11-24/h7-8,13,16H,4-6,9-12,14-15H2,1-3H3,(H2,20,21,23). The Morgan fingerprint density at radius 3 is 2.72 bits per heavy atom. The molecule has 6 nitrogen and oxygen atoms in total. The van der Waals surface area contributed by atoms with Gasteiger partial charge >= 0.3 is 0 Å². The van der Waals surface area contributed by atoms with Crippen molar-refractivity contribution >= 4 is 11.8 Å². The maximum atomic E-state index is 5.58. The number of pyridine rings is 1. The molecule has 1 aromatic heterocycles. The summed E-state index contributed by atoms with van der Waals surface area (Å²) in [6, 6.07) is 4.26. The Bertz CT molecular complexity index is 509. The highest BCUT2D eigenvalue weighted by Gasteiger charge is 2.12. The molecule has 0 bridgehead atoms. The largest absolute Gasteiger partial charge is 0.381 e. The average molecular weight is 348 g/mol. The molecule has 2 heterocycles. The molecule has 0 radical (unpaired) electrons. The highest BCUT2D eigenvalue weighted by molar-refractivity contribution is 5.79. The van der Waals surface area contributed by atoms with E-state index in [0.717, 1.165) is 63.2 Å². The average Bonchev–Trinajstić information content (AvgIpc) is 3.15. The lowest BCUT2D eigenvalue weighted by Gasteiger charge is -2.16. The molecule has 0 amide bonds. The third kappa shape index (κ3) is 7.30. The maximum Gasteiger partial charge on any atom is 0.191 e. The van der Waals surface area contributed by atoms with Gasteiger partial charge in [-0.05, 0) is 36.8 Å². The predicted octanol–water partition coefficient (Wildman–Crippen LogP) is 2.41. The fraction of sp³-hybridized carbons (Fsp3) is 0.684. The molecule has 0 saturated carbocycles. The Balaban J connectivity index is 1.64. The van der Waals surface area contributed by atoms with Crippen LogP contribution in [0.4, 0.5) is 5.82 Å². The Morgan fingerprint density at radius 2 is 2.08 bits per heavy atom. The number of ether oxygens (including phenoxy) is 1. The van der Waals surface area contributed by atoms with E-state index in [4.69, 9.17) is 4.74 Å². The number of hydrogen-bond acceptors (Lipinski definition) is 4. The Kier molecular flexibility index (Phi) is 8.52. The Hall–Kier alpha value is -1.82. The van der Waals surface area contributed by atoms with Crippen LogP contribution in [0.3, 0.4) is 0 Å². The van der Waals surface area contributed by atoms with E-state index in [1.807, 2.05) is 6.20 Å². The van der Waals surface area contributed by atoms with Gasteiger partial charge in [-0.1, -0.05) is 19.9 Å². The van der Waals surface area contributed by atoms with Crippen molar-refractivity contribution in [1.29, 1.82) is 0 Å². The van der Waals surface area contributed by atoms with E-state index in [2.05, 4.69) is 51.5 Å². The first kappa shape index (κ1) is 19.5. The van der Waals surface area contributed by atoms with Gasteiger partial charge < -0.3 is 20.3 Å². The summed E-state index contributed by atoms with van der Waals surface area (Å²) in [6.07, 6.45) is 5.47. The maximum absolute atomic E-state index is 5.58. The quantitative estimate of drug-likeness (QED) is 0.408. The molecule has 0 aliphatic carbocycles. The highest BCUT2D eigenvalue weighted by atomic mass is 16.5. The zero-order chi connectivity index (χ0) is 17.9. The van der Waals surface area contributed by atoms with Gasteiger partial charge in [0, 0.05) is 52.6 Å². The first-order valence-electron chi connectivity index (χ1n) is 9.41. The first-order valence-corrected chi connectivity index (χ1v) is 9.41. The topological polar surface area (TPSA) is 61.8 Å². The van der Waals surface area contributed by atoms with E-state index in [-0.39, 0.29) is 0 Å². The number of guanidine groups is 1. The zero-order valence-corrected chi connectivity index (χ0v) is 15.9. The van der Waals surface area contributed by atoms with Gasteiger partial charge in [0.15, 0.2) is 5.96 Å². The van der Waals surface area contributed by atoms with Crippen molar-refractivity contribution in [3.05, 3.63) is 23.9 Å². The Morgan fingerprint density at radius 1 is 1.28 bits per heavy atom. The summed E-state index contributed by atoms with van der Waals surface area (Å²) < 4.78 is 5.58. The minimum absolute atomic E-state index is 0.591. The van der Waals surface area contributed by atoms with Crippen LogP contribution in [-0.4, -0.2) is 50.8 Å². The number of nitrogens with zero attached hydrogens (tertiary/aromatic N) is 3. The number of nitrogens with one attached hydrogen (secondary N) is 2. The van der Waals surface area contributed by atoms with Crippen LogP contribution < -0.4 is 15.5 Å². The summed E-state index contributed by atoms with van der Waals surface area (Å²) >= 11 is 0. The van der Waals surface area contributed by atoms with Crippen molar-refractivity contribution < 1.29 is 4.74 Å². The van der Waals surface area contributed by atoms with Crippen LogP contribution in [0, 0.1) is 5.92 Å². The number of anilines is 1. The monoisotopic (exact) mass is 347 g/mol. The molecule has 1 fully saturated rings. The van der Waals surface area contributed by atoms with E-state index < -0.39 is 0 Å². The van der Waals surface area contributed by atoms with Crippen molar-refractivity contribution in [3.63, 3.8) is 0 Å². The SMILES string of the molecule is CN=C(NCCCOCC(C)C)NCc1ccc(N2CCCC2)nc1. The van der Waals surface area contributed by atoms with Gasteiger partial charge in [0.2, 0.25) is 0 Å².